The molecule has 0 radical (unpaired) electrons. The molecule has 2 aromatic carbocycles. The van der Waals surface area contributed by atoms with Crippen LogP contribution in [0.1, 0.15) is 42.9 Å². The van der Waals surface area contributed by atoms with Crippen molar-refractivity contribution >= 4 is 10.0 Å². The first-order chi connectivity index (χ1) is 13.8. The molecule has 158 valence electrons. The van der Waals surface area contributed by atoms with Gasteiger partial charge in [0.05, 0.1) is 18.6 Å². The molecule has 0 spiro atoms. The van der Waals surface area contributed by atoms with Gasteiger partial charge in [-0.2, -0.15) is 0 Å². The number of hydrogen-bond donors (Lipinski definition) is 2. The van der Waals surface area contributed by atoms with Gasteiger partial charge < -0.3 is 14.6 Å². The number of hydrogen-bond acceptors (Lipinski definition) is 5. The van der Waals surface area contributed by atoms with Crippen molar-refractivity contribution in [1.29, 1.82) is 0 Å². The lowest BCUT2D eigenvalue weighted by molar-refractivity contribution is 0.0242. The van der Waals surface area contributed by atoms with E-state index >= 15 is 0 Å². The van der Waals surface area contributed by atoms with Crippen LogP contribution in [0.25, 0.3) is 0 Å². The van der Waals surface area contributed by atoms with E-state index in [0.717, 1.165) is 41.7 Å². The van der Waals surface area contributed by atoms with Crippen molar-refractivity contribution in [3.8, 4) is 11.5 Å². The van der Waals surface area contributed by atoms with Gasteiger partial charge in [-0.3, -0.25) is 0 Å². The van der Waals surface area contributed by atoms with Crippen molar-refractivity contribution in [1.82, 2.24) is 4.72 Å². The predicted octanol–water partition coefficient (Wildman–Crippen LogP) is 3.29. The maximum atomic E-state index is 12.8. The summed E-state index contributed by atoms with van der Waals surface area (Å²) in [6.07, 6.45) is 2.99. The molecule has 7 heteroatoms. The minimum absolute atomic E-state index is 0.0816. The van der Waals surface area contributed by atoms with Gasteiger partial charge in [-0.1, -0.05) is 13.0 Å². The fraction of sp³-hybridized carbons (Fsp3) is 0.455. The van der Waals surface area contributed by atoms with E-state index in [9.17, 15) is 13.5 Å². The van der Waals surface area contributed by atoms with E-state index in [1.165, 1.54) is 6.07 Å². The smallest absolute Gasteiger partial charge is 0.240 e. The van der Waals surface area contributed by atoms with E-state index in [1.54, 1.807) is 25.3 Å². The second-order valence-electron chi connectivity index (χ2n) is 7.51. The van der Waals surface area contributed by atoms with Crippen LogP contribution in [-0.2, 0) is 22.0 Å². The average molecular weight is 420 g/mol. The first-order valence-corrected chi connectivity index (χ1v) is 11.4. The van der Waals surface area contributed by atoms with Crippen LogP contribution >= 0.6 is 0 Å². The van der Waals surface area contributed by atoms with Crippen molar-refractivity contribution in [2.45, 2.75) is 50.0 Å². The van der Waals surface area contributed by atoms with Crippen molar-refractivity contribution in [3.05, 3.63) is 53.1 Å². The van der Waals surface area contributed by atoms with E-state index < -0.39 is 15.6 Å². The van der Waals surface area contributed by atoms with Gasteiger partial charge >= 0.3 is 0 Å². The molecule has 29 heavy (non-hydrogen) atoms. The molecule has 1 unspecified atom stereocenters. The molecule has 0 saturated carbocycles. The molecule has 3 rings (SSSR count). The molecule has 0 amide bonds. The Morgan fingerprint density at radius 2 is 2.00 bits per heavy atom. The number of aliphatic hydroxyl groups is 1. The van der Waals surface area contributed by atoms with Gasteiger partial charge in [0.2, 0.25) is 10.0 Å². The number of aryl methyl sites for hydroxylation is 2. The maximum Gasteiger partial charge on any atom is 0.240 e. The number of ether oxygens (including phenoxy) is 2. The van der Waals surface area contributed by atoms with Crippen LogP contribution in [0, 0.1) is 6.92 Å². The molecule has 2 N–H and O–H groups in total. The Morgan fingerprint density at radius 1 is 1.21 bits per heavy atom. The van der Waals surface area contributed by atoms with Crippen LogP contribution in [0.2, 0.25) is 0 Å². The Morgan fingerprint density at radius 3 is 2.69 bits per heavy atom. The third-order valence-corrected chi connectivity index (χ3v) is 6.72. The lowest BCUT2D eigenvalue weighted by Gasteiger charge is -2.34. The highest BCUT2D eigenvalue weighted by Crippen LogP contribution is 2.37. The molecule has 0 saturated heterocycles. The quantitative estimate of drug-likeness (QED) is 0.686. The first-order valence-electron chi connectivity index (χ1n) is 9.92. The molecule has 0 fully saturated rings. The average Bonchev–Trinajstić information content (AvgIpc) is 2.71. The molecule has 2 aromatic rings. The Kier molecular flexibility index (Phi) is 6.51. The number of fused-ring (bicyclic) bond motifs is 1. The van der Waals surface area contributed by atoms with Crippen molar-refractivity contribution in [2.75, 3.05) is 20.3 Å². The summed E-state index contributed by atoms with van der Waals surface area (Å²) in [7, 11) is -2.16. The fourth-order valence-electron chi connectivity index (χ4n) is 3.71. The highest BCUT2D eigenvalue weighted by molar-refractivity contribution is 7.89. The van der Waals surface area contributed by atoms with Crippen molar-refractivity contribution < 1.29 is 23.0 Å². The number of methoxy groups -OCH3 is 1. The zero-order valence-corrected chi connectivity index (χ0v) is 18.0. The lowest BCUT2D eigenvalue weighted by Crippen LogP contribution is -2.43. The predicted molar refractivity (Wildman–Crippen MR) is 112 cm³/mol. The highest BCUT2D eigenvalue weighted by atomic mass is 32.2. The summed E-state index contributed by atoms with van der Waals surface area (Å²) in [6.45, 7) is 4.34. The second kappa shape index (κ2) is 8.73. The lowest BCUT2D eigenvalue weighted by atomic mass is 9.79. The first kappa shape index (κ1) is 21.6. The summed E-state index contributed by atoms with van der Waals surface area (Å²) in [4.78, 5) is 0.160. The molecule has 1 aliphatic carbocycles. The van der Waals surface area contributed by atoms with E-state index in [-0.39, 0.29) is 11.4 Å². The summed E-state index contributed by atoms with van der Waals surface area (Å²) in [5.74, 6) is 1.41. The maximum absolute atomic E-state index is 12.8. The minimum atomic E-state index is -3.76. The summed E-state index contributed by atoms with van der Waals surface area (Å²) in [5.41, 5.74) is 1.26. The number of nitrogens with one attached hydrogen (secondary N) is 1. The third kappa shape index (κ3) is 4.74. The topological polar surface area (TPSA) is 84.9 Å². The number of rotatable bonds is 8. The van der Waals surface area contributed by atoms with Gasteiger partial charge in [-0.25, -0.2) is 13.1 Å². The summed E-state index contributed by atoms with van der Waals surface area (Å²) in [5, 5.41) is 11.2. The minimum Gasteiger partial charge on any atom is -0.497 e. The number of benzene rings is 2. The molecule has 0 bridgehead atoms. The van der Waals surface area contributed by atoms with E-state index in [4.69, 9.17) is 9.47 Å². The zero-order valence-electron chi connectivity index (χ0n) is 17.2. The fourth-order valence-corrected chi connectivity index (χ4v) is 4.88. The molecule has 0 aliphatic heterocycles. The van der Waals surface area contributed by atoms with Crippen molar-refractivity contribution in [3.63, 3.8) is 0 Å². The molecule has 1 atom stereocenters. The van der Waals surface area contributed by atoms with Crippen molar-refractivity contribution in [2.24, 2.45) is 0 Å². The summed E-state index contributed by atoms with van der Waals surface area (Å²) < 4.78 is 39.1. The Hall–Kier alpha value is -2.09. The van der Waals surface area contributed by atoms with E-state index in [0.29, 0.717) is 18.8 Å². The Bertz CT molecular complexity index is 973. The van der Waals surface area contributed by atoms with Gasteiger partial charge in [-0.05, 0) is 79.6 Å². The van der Waals surface area contributed by atoms with Crippen LogP contribution < -0.4 is 14.2 Å². The normalized spacial score (nSPS) is 18.9. The van der Waals surface area contributed by atoms with Gasteiger partial charge in [0.15, 0.2) is 0 Å². The summed E-state index contributed by atoms with van der Waals surface area (Å²) >= 11 is 0. The van der Waals surface area contributed by atoms with Gasteiger partial charge in [0.1, 0.15) is 17.1 Å². The third-order valence-electron chi connectivity index (χ3n) is 5.32. The summed E-state index contributed by atoms with van der Waals surface area (Å²) in [6, 6.07) is 10.3. The molecule has 0 heterocycles. The second-order valence-corrected chi connectivity index (χ2v) is 9.28. The Labute approximate surface area is 172 Å². The molecule has 0 aromatic heterocycles. The van der Waals surface area contributed by atoms with Crippen LogP contribution in [0.5, 0.6) is 11.5 Å². The van der Waals surface area contributed by atoms with Gasteiger partial charge in [0, 0.05) is 6.54 Å². The van der Waals surface area contributed by atoms with Crippen LogP contribution in [0.4, 0.5) is 0 Å². The number of sulfonamides is 1. The van der Waals surface area contributed by atoms with Crippen LogP contribution in [0.3, 0.4) is 0 Å². The molecule has 6 nitrogen and oxygen atoms in total. The Balaban J connectivity index is 1.78. The monoisotopic (exact) mass is 419 g/mol. The SMILES string of the molecule is CCCOc1ccc(S(=O)(=O)NCC2(O)CCCc3cc(OC)ccc32)cc1C. The van der Waals surface area contributed by atoms with E-state index in [2.05, 4.69) is 4.72 Å². The molecular weight excluding hydrogens is 390 g/mol. The molecular formula is C22H29NO5S. The standard InChI is InChI=1S/C22H29NO5S/c1-4-12-28-21-10-8-19(13-16(21)2)29(25,26)23-15-22(24)11-5-6-17-14-18(27-3)7-9-20(17)22/h7-10,13-14,23-24H,4-6,11-12,15H2,1-3H3. The molecule has 1 aliphatic rings. The van der Waals surface area contributed by atoms with Gasteiger partial charge in [-0.15, -0.1) is 0 Å². The van der Waals surface area contributed by atoms with Crippen LogP contribution in [0.15, 0.2) is 41.3 Å². The largest absolute Gasteiger partial charge is 0.497 e. The van der Waals surface area contributed by atoms with E-state index in [1.807, 2.05) is 26.0 Å². The zero-order chi connectivity index (χ0) is 21.1. The highest BCUT2D eigenvalue weighted by Gasteiger charge is 2.35. The van der Waals surface area contributed by atoms with Gasteiger partial charge in [0.25, 0.3) is 0 Å². The van der Waals surface area contributed by atoms with Crippen LogP contribution in [-0.4, -0.2) is 33.8 Å².